The number of aromatic nitrogens is 2. The number of ether oxygens (including phenoxy) is 1. The maximum Gasteiger partial charge on any atom is 0.259 e. The van der Waals surface area contributed by atoms with E-state index in [1.54, 1.807) is 14.1 Å². The molecule has 1 N–H and O–H groups in total. The molecule has 8 nitrogen and oxygen atoms in total. The van der Waals surface area contributed by atoms with Gasteiger partial charge in [-0.05, 0) is 37.0 Å². The second kappa shape index (κ2) is 10.8. The van der Waals surface area contributed by atoms with Gasteiger partial charge in [0.15, 0.2) is 12.6 Å². The second-order valence-corrected chi connectivity index (χ2v) is 8.18. The number of hydrogen-bond acceptors (Lipinski definition) is 4. The Hall–Kier alpha value is -3.03. The van der Waals surface area contributed by atoms with Gasteiger partial charge < -0.3 is 24.4 Å². The molecule has 1 aliphatic heterocycles. The third kappa shape index (κ3) is 6.23. The Kier molecular flexibility index (Phi) is 7.92. The smallest absolute Gasteiger partial charge is 0.259 e. The number of hydrogen-bond donors (Lipinski definition) is 1. The Labute approximate surface area is 184 Å². The number of benzene rings is 1. The number of amides is 1. The predicted molar refractivity (Wildman–Crippen MR) is 122 cm³/mol. The summed E-state index contributed by atoms with van der Waals surface area (Å²) < 4.78 is 7.84. The van der Waals surface area contributed by atoms with E-state index in [1.165, 1.54) is 4.90 Å². The van der Waals surface area contributed by atoms with E-state index in [4.69, 9.17) is 9.73 Å². The van der Waals surface area contributed by atoms with Gasteiger partial charge in [-0.15, -0.1) is 0 Å². The number of likely N-dealkylation sites (tertiary alicyclic amines) is 1. The van der Waals surface area contributed by atoms with Gasteiger partial charge in [-0.1, -0.05) is 19.1 Å². The van der Waals surface area contributed by atoms with E-state index >= 15 is 0 Å². The van der Waals surface area contributed by atoms with Crippen LogP contribution in [-0.2, 0) is 11.3 Å². The van der Waals surface area contributed by atoms with E-state index in [0.717, 1.165) is 37.6 Å². The van der Waals surface area contributed by atoms with Crippen molar-refractivity contribution in [3.8, 4) is 5.75 Å². The molecule has 168 valence electrons. The second-order valence-electron chi connectivity index (χ2n) is 8.18. The zero-order valence-corrected chi connectivity index (χ0v) is 19.0. The zero-order chi connectivity index (χ0) is 22.2. The van der Waals surface area contributed by atoms with Gasteiger partial charge in [-0.2, -0.15) is 0 Å². The molecule has 8 heteroatoms. The molecule has 31 heavy (non-hydrogen) atoms. The van der Waals surface area contributed by atoms with Crippen LogP contribution in [0.15, 0.2) is 48.0 Å². The van der Waals surface area contributed by atoms with Crippen molar-refractivity contribution >= 4 is 11.9 Å². The van der Waals surface area contributed by atoms with E-state index in [-0.39, 0.29) is 12.5 Å². The summed E-state index contributed by atoms with van der Waals surface area (Å²) in [6.45, 7) is 7.67. The first-order valence-electron chi connectivity index (χ1n) is 10.9. The Morgan fingerprint density at radius 1 is 1.39 bits per heavy atom. The van der Waals surface area contributed by atoms with Gasteiger partial charge in [0.05, 0.1) is 18.9 Å². The van der Waals surface area contributed by atoms with Gasteiger partial charge in [0.2, 0.25) is 0 Å². The van der Waals surface area contributed by atoms with Gasteiger partial charge in [0.1, 0.15) is 5.75 Å². The maximum atomic E-state index is 11.8. The van der Waals surface area contributed by atoms with Crippen molar-refractivity contribution < 1.29 is 9.53 Å². The Bertz CT molecular complexity index is 865. The number of rotatable bonds is 7. The summed E-state index contributed by atoms with van der Waals surface area (Å²) in [6, 6.07) is 8.16. The molecule has 1 fully saturated rings. The van der Waals surface area contributed by atoms with E-state index in [9.17, 15) is 4.79 Å². The van der Waals surface area contributed by atoms with Crippen molar-refractivity contribution in [2.45, 2.75) is 32.9 Å². The summed E-state index contributed by atoms with van der Waals surface area (Å²) in [4.78, 5) is 24.7. The minimum Gasteiger partial charge on any atom is -0.484 e. The monoisotopic (exact) mass is 426 g/mol. The highest BCUT2D eigenvalue weighted by molar-refractivity contribution is 5.80. The number of aliphatic imine (C=N–C) groups is 1. The lowest BCUT2D eigenvalue weighted by Crippen LogP contribution is -2.49. The molecule has 2 heterocycles. The summed E-state index contributed by atoms with van der Waals surface area (Å²) in [5.41, 5.74) is 1.04. The number of piperidine rings is 1. The van der Waals surface area contributed by atoms with E-state index in [2.05, 4.69) is 33.6 Å². The van der Waals surface area contributed by atoms with Gasteiger partial charge in [-0.25, -0.2) is 9.98 Å². The van der Waals surface area contributed by atoms with Crippen molar-refractivity contribution in [3.05, 3.63) is 48.5 Å². The normalized spacial score (nSPS) is 19.2. The van der Waals surface area contributed by atoms with Crippen LogP contribution in [0.2, 0.25) is 0 Å². The van der Waals surface area contributed by atoms with Crippen LogP contribution in [0, 0.1) is 5.92 Å². The van der Waals surface area contributed by atoms with Crippen LogP contribution in [0.3, 0.4) is 0 Å². The predicted octanol–water partition coefficient (Wildman–Crippen LogP) is 2.40. The number of likely N-dealkylation sites (N-methyl/N-ethyl adjacent to an activating group) is 1. The third-order valence-corrected chi connectivity index (χ3v) is 5.63. The lowest BCUT2D eigenvalue weighted by Gasteiger charge is -2.39. The maximum absolute atomic E-state index is 11.8. The Morgan fingerprint density at radius 3 is 2.94 bits per heavy atom. The number of imidazole rings is 1. The molecule has 0 saturated carbocycles. The first kappa shape index (κ1) is 22.7. The third-order valence-electron chi connectivity index (χ3n) is 5.63. The average Bonchev–Trinajstić information content (AvgIpc) is 3.30. The van der Waals surface area contributed by atoms with Crippen LogP contribution in [0.4, 0.5) is 0 Å². The molecule has 0 bridgehead atoms. The van der Waals surface area contributed by atoms with Crippen LogP contribution < -0.4 is 10.1 Å². The Balaban J connectivity index is 1.67. The molecule has 2 aromatic rings. The Morgan fingerprint density at radius 2 is 2.23 bits per heavy atom. The molecule has 1 aromatic heterocycles. The van der Waals surface area contributed by atoms with Gasteiger partial charge >= 0.3 is 0 Å². The molecule has 0 radical (unpaired) electrons. The summed E-state index contributed by atoms with van der Waals surface area (Å²) in [6.07, 6.45) is 6.89. The molecule has 2 atom stereocenters. The molecule has 3 rings (SSSR count). The van der Waals surface area contributed by atoms with Crippen LogP contribution in [0.25, 0.3) is 0 Å². The molecule has 1 aromatic carbocycles. The summed E-state index contributed by atoms with van der Waals surface area (Å²) in [5, 5.41) is 3.44. The molecular weight excluding hydrogens is 392 g/mol. The minimum atomic E-state index is -0.0652. The standard InChI is InChI=1S/C23H34N6O2/c1-5-25-23(28-11-9-18(2)21(15-28)29-12-10-24-17-29)26-14-19-7-6-8-20(13-19)31-16-22(30)27(3)4/h6-8,10,12-13,17-18,21H,5,9,11,14-16H2,1-4H3,(H,25,26). The lowest BCUT2D eigenvalue weighted by atomic mass is 9.93. The van der Waals surface area contributed by atoms with Crippen molar-refractivity contribution in [2.75, 3.05) is 40.3 Å². The molecule has 0 aliphatic carbocycles. The molecule has 1 amide bonds. The quantitative estimate of drug-likeness (QED) is 0.544. The summed E-state index contributed by atoms with van der Waals surface area (Å²) in [7, 11) is 3.44. The summed E-state index contributed by atoms with van der Waals surface area (Å²) >= 11 is 0. The fourth-order valence-electron chi connectivity index (χ4n) is 3.69. The lowest BCUT2D eigenvalue weighted by molar-refractivity contribution is -0.130. The highest BCUT2D eigenvalue weighted by atomic mass is 16.5. The average molecular weight is 427 g/mol. The van der Waals surface area contributed by atoms with E-state index in [1.807, 2.05) is 43.0 Å². The first-order chi connectivity index (χ1) is 15.0. The highest BCUT2D eigenvalue weighted by Gasteiger charge is 2.28. The van der Waals surface area contributed by atoms with Gasteiger partial charge in [-0.3, -0.25) is 4.79 Å². The van der Waals surface area contributed by atoms with Crippen molar-refractivity contribution in [1.29, 1.82) is 0 Å². The first-order valence-corrected chi connectivity index (χ1v) is 10.9. The largest absolute Gasteiger partial charge is 0.484 e. The van der Waals surface area contributed by atoms with Crippen molar-refractivity contribution in [3.63, 3.8) is 0 Å². The van der Waals surface area contributed by atoms with Gasteiger partial charge in [0.25, 0.3) is 5.91 Å². The van der Waals surface area contributed by atoms with Crippen molar-refractivity contribution in [2.24, 2.45) is 10.9 Å². The molecule has 2 unspecified atom stereocenters. The molecular formula is C23H34N6O2. The number of nitrogens with one attached hydrogen (secondary N) is 1. The number of guanidine groups is 1. The van der Waals surface area contributed by atoms with E-state index < -0.39 is 0 Å². The number of carbonyl (C=O) groups is 1. The fourth-order valence-corrected chi connectivity index (χ4v) is 3.69. The zero-order valence-electron chi connectivity index (χ0n) is 19.0. The number of carbonyl (C=O) groups excluding carboxylic acids is 1. The summed E-state index contributed by atoms with van der Waals surface area (Å²) in [5.74, 6) is 2.13. The minimum absolute atomic E-state index is 0.0317. The number of nitrogens with zero attached hydrogens (tertiary/aromatic N) is 5. The topological polar surface area (TPSA) is 75.0 Å². The van der Waals surface area contributed by atoms with Gasteiger partial charge in [0, 0.05) is 46.1 Å². The highest BCUT2D eigenvalue weighted by Crippen LogP contribution is 2.27. The van der Waals surface area contributed by atoms with Crippen LogP contribution in [0.1, 0.15) is 31.9 Å². The molecule has 1 saturated heterocycles. The van der Waals surface area contributed by atoms with E-state index in [0.29, 0.717) is 24.3 Å². The molecule has 1 aliphatic rings. The van der Waals surface area contributed by atoms with Crippen LogP contribution >= 0.6 is 0 Å². The molecule has 0 spiro atoms. The van der Waals surface area contributed by atoms with Crippen LogP contribution in [0.5, 0.6) is 5.75 Å². The fraction of sp³-hybridized carbons (Fsp3) is 0.522. The van der Waals surface area contributed by atoms with Crippen molar-refractivity contribution in [1.82, 2.24) is 24.7 Å². The van der Waals surface area contributed by atoms with Crippen LogP contribution in [-0.4, -0.2) is 71.6 Å². The SMILES string of the molecule is CCNC(=NCc1cccc(OCC(=O)N(C)C)c1)N1CCC(C)C(n2ccnc2)C1.